The summed E-state index contributed by atoms with van der Waals surface area (Å²) < 4.78 is 10.6. The smallest absolute Gasteiger partial charge is 0.305 e. The Kier molecular flexibility index (Phi) is 10.7. The van der Waals surface area contributed by atoms with E-state index in [9.17, 15) is 19.2 Å². The van der Waals surface area contributed by atoms with E-state index in [0.717, 1.165) is 96.3 Å². The molecule has 0 aromatic heterocycles. The molecule has 4 saturated carbocycles. The molecule has 1 N–H and O–H groups in total. The van der Waals surface area contributed by atoms with Gasteiger partial charge in [-0.15, -0.1) is 0 Å². The maximum Gasteiger partial charge on any atom is 0.305 e. The van der Waals surface area contributed by atoms with E-state index in [1.165, 1.54) is 19.6 Å². The van der Waals surface area contributed by atoms with Crippen molar-refractivity contribution in [1.82, 2.24) is 5.32 Å². The summed E-state index contributed by atoms with van der Waals surface area (Å²) in [4.78, 5) is 51.9. The Hall–Kier alpha value is -2.18. The van der Waals surface area contributed by atoms with Gasteiger partial charge in [-0.3, -0.25) is 19.2 Å². The number of rotatable bonds is 11. The highest BCUT2D eigenvalue weighted by atomic mass is 16.5. The molecule has 9 atom stereocenters. The minimum atomic E-state index is -0.444. The number of hydrogen-bond acceptors (Lipinski definition) is 6. The van der Waals surface area contributed by atoms with Gasteiger partial charge in [0.15, 0.2) is 5.78 Å². The summed E-state index contributed by atoms with van der Waals surface area (Å²) in [5.41, 5.74) is 0.410. The van der Waals surface area contributed by atoms with E-state index in [1.807, 2.05) is 0 Å². The zero-order valence-corrected chi connectivity index (χ0v) is 32.4. The molecule has 0 aliphatic heterocycles. The third-order valence-corrected chi connectivity index (χ3v) is 15.7. The molecule has 5 aliphatic carbocycles. The van der Waals surface area contributed by atoms with Crippen molar-refractivity contribution in [2.75, 3.05) is 13.7 Å². The lowest BCUT2D eigenvalue weighted by molar-refractivity contribution is -0.210. The molecule has 49 heavy (non-hydrogen) atoms. The number of carbonyl (C=O) groups is 4. The van der Waals surface area contributed by atoms with Crippen molar-refractivity contribution in [1.29, 1.82) is 0 Å². The molecule has 276 valence electrons. The number of fused-ring (bicyclic) bond motifs is 7. The molecule has 0 heterocycles. The maximum atomic E-state index is 14.7. The van der Waals surface area contributed by atoms with Crippen LogP contribution in [0, 0.1) is 50.2 Å². The largest absolute Gasteiger partial charge is 0.469 e. The van der Waals surface area contributed by atoms with E-state index in [2.05, 4.69) is 59.9 Å². The first-order chi connectivity index (χ1) is 22.9. The molecule has 7 heteroatoms. The zero-order chi connectivity index (χ0) is 36.0. The second-order valence-electron chi connectivity index (χ2n) is 18.9. The fraction of sp³-hybridized carbons (Fsp3) is 0.857. The molecule has 5 rings (SSSR count). The second-order valence-corrected chi connectivity index (χ2v) is 18.9. The van der Waals surface area contributed by atoms with Gasteiger partial charge in [0.2, 0.25) is 5.91 Å². The topological polar surface area (TPSA) is 98.8 Å². The summed E-state index contributed by atoms with van der Waals surface area (Å²) >= 11 is 0. The fourth-order valence-electron chi connectivity index (χ4n) is 12.4. The van der Waals surface area contributed by atoms with Crippen LogP contribution in [-0.4, -0.2) is 43.4 Å². The van der Waals surface area contributed by atoms with Gasteiger partial charge in [0.1, 0.15) is 6.10 Å². The average Bonchev–Trinajstić information content (AvgIpc) is 3.03. The molecule has 7 nitrogen and oxygen atoms in total. The minimum Gasteiger partial charge on any atom is -0.469 e. The quantitative estimate of drug-likeness (QED) is 0.173. The normalized spacial score (nSPS) is 40.8. The van der Waals surface area contributed by atoms with Gasteiger partial charge in [-0.25, -0.2) is 0 Å². The van der Waals surface area contributed by atoms with Crippen LogP contribution >= 0.6 is 0 Å². The van der Waals surface area contributed by atoms with Gasteiger partial charge in [0.05, 0.1) is 7.11 Å². The van der Waals surface area contributed by atoms with Gasteiger partial charge in [0, 0.05) is 36.6 Å². The predicted octanol–water partition coefficient (Wildman–Crippen LogP) is 8.92. The highest BCUT2D eigenvalue weighted by molar-refractivity contribution is 5.95. The molecule has 0 bridgehead atoms. The Bertz CT molecular complexity index is 1340. The van der Waals surface area contributed by atoms with Gasteiger partial charge in [0.25, 0.3) is 0 Å². The maximum absolute atomic E-state index is 14.7. The van der Waals surface area contributed by atoms with Crippen LogP contribution in [0.1, 0.15) is 158 Å². The van der Waals surface area contributed by atoms with Gasteiger partial charge >= 0.3 is 11.9 Å². The van der Waals surface area contributed by atoms with Gasteiger partial charge in [-0.05, 0) is 110 Å². The zero-order valence-electron chi connectivity index (χ0n) is 32.4. The molecule has 0 aromatic rings. The van der Waals surface area contributed by atoms with Crippen molar-refractivity contribution in [3.8, 4) is 0 Å². The van der Waals surface area contributed by atoms with E-state index < -0.39 is 5.41 Å². The van der Waals surface area contributed by atoms with Crippen LogP contribution in [0.25, 0.3) is 0 Å². The fourth-order valence-corrected chi connectivity index (χ4v) is 12.4. The minimum absolute atomic E-state index is 0.0551. The van der Waals surface area contributed by atoms with E-state index in [1.54, 1.807) is 0 Å². The standard InChI is InChI=1S/C42H67NO6/c1-28(44)49-33-18-19-40(6)32(37(33,2)3)17-20-42(8)35(40)31(45)26-29-30-27-39(5,22-21-38(30,4)23-24-41(29,42)7)36(47)43-25-15-13-11-10-12-14-16-34(46)48-9/h26,30,32-33,35H,10-25,27H2,1-9H3,(H,43,47)/t30-,32-,33-,35+,38+,39-,40-,41+,42+/m0/s1. The Morgan fingerprint density at radius 1 is 0.837 bits per heavy atom. The van der Waals surface area contributed by atoms with Gasteiger partial charge < -0.3 is 14.8 Å². The SMILES string of the molecule is COC(=O)CCCCCCCCNC(=O)[C@@]1(C)CC[C@]2(C)CC[C@]3(C)C(=CC(=O)[C@@H]4[C@@]5(C)CC[C@H](OC(C)=O)C(C)(C)[C@@H]5CC[C@]43C)[C@@H]2C1. The molecule has 0 aromatic carbocycles. The molecule has 0 radical (unpaired) electrons. The van der Waals surface area contributed by atoms with Crippen molar-refractivity contribution in [3.05, 3.63) is 11.6 Å². The Morgan fingerprint density at radius 2 is 1.49 bits per heavy atom. The van der Waals surface area contributed by atoms with Crippen LogP contribution in [0.15, 0.2) is 11.6 Å². The average molecular weight is 682 g/mol. The summed E-state index contributed by atoms with van der Waals surface area (Å²) in [7, 11) is 1.44. The van der Waals surface area contributed by atoms with Crippen LogP contribution < -0.4 is 5.32 Å². The molecule has 0 spiro atoms. The van der Waals surface area contributed by atoms with E-state index in [4.69, 9.17) is 9.47 Å². The predicted molar refractivity (Wildman–Crippen MR) is 192 cm³/mol. The summed E-state index contributed by atoms with van der Waals surface area (Å²) in [5.74, 6) is 0.603. The van der Waals surface area contributed by atoms with Gasteiger partial charge in [-0.2, -0.15) is 0 Å². The van der Waals surface area contributed by atoms with Crippen LogP contribution in [0.4, 0.5) is 0 Å². The summed E-state index contributed by atoms with van der Waals surface area (Å²) in [5, 5.41) is 3.31. The number of hydrogen-bond donors (Lipinski definition) is 1. The lowest BCUT2D eigenvalue weighted by Crippen LogP contribution is -2.66. The monoisotopic (exact) mass is 681 g/mol. The number of esters is 2. The number of unbranched alkanes of at least 4 members (excludes halogenated alkanes) is 5. The molecular formula is C42H67NO6. The summed E-state index contributed by atoms with van der Waals surface area (Å²) in [6.45, 7) is 18.6. The van der Waals surface area contributed by atoms with Crippen molar-refractivity contribution >= 4 is 23.6 Å². The Balaban J connectivity index is 1.29. The lowest BCUT2D eigenvalue weighted by Gasteiger charge is -2.70. The molecule has 4 fully saturated rings. The number of amides is 1. The van der Waals surface area contributed by atoms with Crippen LogP contribution in [0.5, 0.6) is 0 Å². The molecule has 0 saturated heterocycles. The van der Waals surface area contributed by atoms with Crippen LogP contribution in [0.2, 0.25) is 0 Å². The Labute approximate surface area is 296 Å². The number of ether oxygens (including phenoxy) is 2. The Morgan fingerprint density at radius 3 is 2.16 bits per heavy atom. The van der Waals surface area contributed by atoms with Crippen molar-refractivity contribution in [3.63, 3.8) is 0 Å². The summed E-state index contributed by atoms with van der Waals surface area (Å²) in [6, 6.07) is 0. The number of allylic oxidation sites excluding steroid dienone is 2. The van der Waals surface area contributed by atoms with E-state index in [-0.39, 0.29) is 62.9 Å². The van der Waals surface area contributed by atoms with Crippen molar-refractivity contribution in [2.45, 2.75) is 164 Å². The highest BCUT2D eigenvalue weighted by Crippen LogP contribution is 2.75. The number of methoxy groups -OCH3 is 1. The number of carbonyl (C=O) groups excluding carboxylic acids is 4. The third-order valence-electron chi connectivity index (χ3n) is 15.7. The molecule has 1 amide bonds. The van der Waals surface area contributed by atoms with E-state index in [0.29, 0.717) is 24.7 Å². The van der Waals surface area contributed by atoms with Crippen LogP contribution in [0.3, 0.4) is 0 Å². The molecule has 0 unspecified atom stereocenters. The van der Waals surface area contributed by atoms with E-state index >= 15 is 0 Å². The lowest BCUT2D eigenvalue weighted by atomic mass is 9.33. The highest BCUT2D eigenvalue weighted by Gasteiger charge is 2.70. The summed E-state index contributed by atoms with van der Waals surface area (Å²) in [6.07, 6.45) is 17.3. The number of nitrogens with one attached hydrogen (secondary N) is 1. The molecular weight excluding hydrogens is 614 g/mol. The first-order valence-electron chi connectivity index (χ1n) is 19.7. The third kappa shape index (κ3) is 6.56. The molecule has 5 aliphatic rings. The second kappa shape index (κ2) is 13.7. The van der Waals surface area contributed by atoms with Crippen molar-refractivity contribution in [2.24, 2.45) is 50.2 Å². The van der Waals surface area contributed by atoms with Gasteiger partial charge in [-0.1, -0.05) is 79.7 Å². The van der Waals surface area contributed by atoms with Crippen LogP contribution in [-0.2, 0) is 28.7 Å². The van der Waals surface area contributed by atoms with Crippen molar-refractivity contribution < 1.29 is 28.7 Å². The first-order valence-corrected chi connectivity index (χ1v) is 19.7. The number of ketones is 1. The first kappa shape index (κ1) is 38.1.